The summed E-state index contributed by atoms with van der Waals surface area (Å²) >= 11 is 0. The molecule has 3 aromatic rings. The highest BCUT2D eigenvalue weighted by Gasteiger charge is 2.19. The first kappa shape index (κ1) is 17.8. The molecule has 26 heavy (non-hydrogen) atoms. The molecule has 0 saturated heterocycles. The number of carbonyl (C=O) groups excluding carboxylic acids is 1. The first-order chi connectivity index (χ1) is 12.4. The molecule has 6 heteroatoms. The second-order valence-corrected chi connectivity index (χ2v) is 6.38. The summed E-state index contributed by atoms with van der Waals surface area (Å²) in [5.74, 6) is 1.08. The van der Waals surface area contributed by atoms with Gasteiger partial charge in [-0.15, -0.1) is 0 Å². The third kappa shape index (κ3) is 3.22. The number of hydrogen-bond donors (Lipinski definition) is 2. The van der Waals surface area contributed by atoms with Crippen LogP contribution in [-0.4, -0.2) is 30.3 Å². The molecule has 2 aromatic carbocycles. The van der Waals surface area contributed by atoms with Crippen molar-refractivity contribution >= 4 is 16.8 Å². The molecular formula is C20H23N3O3. The van der Waals surface area contributed by atoms with E-state index in [1.807, 2.05) is 51.1 Å². The van der Waals surface area contributed by atoms with Gasteiger partial charge in [-0.25, -0.2) is 0 Å². The molecule has 0 aliphatic rings. The minimum Gasteiger partial charge on any atom is -0.493 e. The van der Waals surface area contributed by atoms with Gasteiger partial charge < -0.3 is 14.8 Å². The molecule has 1 aromatic heterocycles. The molecule has 2 N–H and O–H groups in total. The fourth-order valence-corrected chi connectivity index (χ4v) is 3.11. The predicted octanol–water partition coefficient (Wildman–Crippen LogP) is 3.69. The van der Waals surface area contributed by atoms with Gasteiger partial charge >= 0.3 is 0 Å². The summed E-state index contributed by atoms with van der Waals surface area (Å²) in [4.78, 5) is 12.8. The van der Waals surface area contributed by atoms with Gasteiger partial charge in [0.15, 0.2) is 17.2 Å². The van der Waals surface area contributed by atoms with Gasteiger partial charge in [0.2, 0.25) is 0 Å². The predicted molar refractivity (Wildman–Crippen MR) is 101 cm³/mol. The smallest absolute Gasteiger partial charge is 0.272 e. The number of amides is 1. The molecule has 3 rings (SSSR count). The van der Waals surface area contributed by atoms with Gasteiger partial charge in [-0.3, -0.25) is 9.89 Å². The van der Waals surface area contributed by atoms with Gasteiger partial charge in [-0.05, 0) is 56.2 Å². The van der Waals surface area contributed by atoms with E-state index in [2.05, 4.69) is 15.5 Å². The number of nitrogens with zero attached hydrogens (tertiary/aromatic N) is 1. The van der Waals surface area contributed by atoms with E-state index in [1.54, 1.807) is 14.2 Å². The average molecular weight is 353 g/mol. The lowest BCUT2D eigenvalue weighted by Crippen LogP contribution is -2.27. The molecule has 1 atom stereocenters. The first-order valence-corrected chi connectivity index (χ1v) is 8.42. The van der Waals surface area contributed by atoms with Gasteiger partial charge in [-0.1, -0.05) is 11.6 Å². The van der Waals surface area contributed by atoms with Crippen molar-refractivity contribution in [3.8, 4) is 11.5 Å². The molecule has 0 spiro atoms. The molecule has 0 bridgehead atoms. The van der Waals surface area contributed by atoms with Gasteiger partial charge in [-0.2, -0.15) is 5.10 Å². The fraction of sp³-hybridized carbons (Fsp3) is 0.300. The van der Waals surface area contributed by atoms with Crippen molar-refractivity contribution in [2.75, 3.05) is 14.2 Å². The van der Waals surface area contributed by atoms with Crippen LogP contribution in [0, 0.1) is 13.8 Å². The van der Waals surface area contributed by atoms with Crippen LogP contribution in [0.1, 0.15) is 40.1 Å². The maximum Gasteiger partial charge on any atom is 0.272 e. The molecular weight excluding hydrogens is 330 g/mol. The Morgan fingerprint density at radius 2 is 1.81 bits per heavy atom. The molecule has 0 aliphatic heterocycles. The Balaban J connectivity index is 1.88. The van der Waals surface area contributed by atoms with Gasteiger partial charge in [0, 0.05) is 5.39 Å². The van der Waals surface area contributed by atoms with Gasteiger partial charge in [0.25, 0.3) is 5.91 Å². The number of ether oxygens (including phenoxy) is 2. The van der Waals surface area contributed by atoms with E-state index in [0.717, 1.165) is 27.6 Å². The maximum absolute atomic E-state index is 12.8. The summed E-state index contributed by atoms with van der Waals surface area (Å²) < 4.78 is 10.7. The Morgan fingerprint density at radius 1 is 1.12 bits per heavy atom. The number of carbonyl (C=O) groups is 1. The highest BCUT2D eigenvalue weighted by Crippen LogP contribution is 2.33. The van der Waals surface area contributed by atoms with Crippen molar-refractivity contribution in [2.24, 2.45) is 0 Å². The molecule has 1 heterocycles. The average Bonchev–Trinajstić information content (AvgIpc) is 3.04. The van der Waals surface area contributed by atoms with Crippen molar-refractivity contribution in [3.63, 3.8) is 0 Å². The van der Waals surface area contributed by atoms with E-state index in [1.165, 1.54) is 0 Å². The Kier molecular flexibility index (Phi) is 4.84. The molecule has 136 valence electrons. The van der Waals surface area contributed by atoms with E-state index in [0.29, 0.717) is 17.2 Å². The number of aromatic amines is 1. The van der Waals surface area contributed by atoms with Crippen molar-refractivity contribution in [2.45, 2.75) is 26.8 Å². The number of rotatable bonds is 5. The van der Waals surface area contributed by atoms with Crippen LogP contribution in [0.3, 0.4) is 0 Å². The van der Waals surface area contributed by atoms with Crippen molar-refractivity contribution in [1.29, 1.82) is 0 Å². The third-order valence-corrected chi connectivity index (χ3v) is 4.52. The zero-order valence-electron chi connectivity index (χ0n) is 15.6. The number of H-pyrrole nitrogens is 1. The molecule has 0 saturated carbocycles. The molecule has 1 amide bonds. The summed E-state index contributed by atoms with van der Waals surface area (Å²) in [7, 11) is 3.20. The van der Waals surface area contributed by atoms with E-state index in [4.69, 9.17) is 9.47 Å². The number of aromatic nitrogens is 2. The van der Waals surface area contributed by atoms with Crippen LogP contribution in [-0.2, 0) is 0 Å². The fourth-order valence-electron chi connectivity index (χ4n) is 3.11. The number of aryl methyl sites for hydroxylation is 2. The normalized spacial score (nSPS) is 12.0. The van der Waals surface area contributed by atoms with Crippen molar-refractivity contribution < 1.29 is 14.3 Å². The largest absolute Gasteiger partial charge is 0.493 e. The SMILES string of the molecule is COc1cc(C)c(C(C)NC(=O)c2n[nH]c3ccc(C)cc23)cc1OC. The Labute approximate surface area is 152 Å². The minimum absolute atomic E-state index is 0.209. The van der Waals surface area contributed by atoms with Crippen LogP contribution in [0.4, 0.5) is 0 Å². The van der Waals surface area contributed by atoms with Gasteiger partial charge in [0.1, 0.15) is 0 Å². The van der Waals surface area contributed by atoms with Crippen LogP contribution < -0.4 is 14.8 Å². The second-order valence-electron chi connectivity index (χ2n) is 6.38. The lowest BCUT2D eigenvalue weighted by atomic mass is 10.0. The number of benzene rings is 2. The zero-order chi connectivity index (χ0) is 18.8. The molecule has 6 nitrogen and oxygen atoms in total. The highest BCUT2D eigenvalue weighted by atomic mass is 16.5. The van der Waals surface area contributed by atoms with Crippen LogP contribution in [0.2, 0.25) is 0 Å². The molecule has 0 radical (unpaired) electrons. The summed E-state index contributed by atoms with van der Waals surface area (Å²) in [6.07, 6.45) is 0. The lowest BCUT2D eigenvalue weighted by Gasteiger charge is -2.19. The van der Waals surface area contributed by atoms with Crippen molar-refractivity contribution in [3.05, 3.63) is 52.7 Å². The maximum atomic E-state index is 12.8. The highest BCUT2D eigenvalue weighted by molar-refractivity contribution is 6.04. The molecule has 1 unspecified atom stereocenters. The van der Waals surface area contributed by atoms with Crippen LogP contribution in [0.25, 0.3) is 10.9 Å². The number of methoxy groups -OCH3 is 2. The number of fused-ring (bicyclic) bond motifs is 1. The lowest BCUT2D eigenvalue weighted by molar-refractivity contribution is 0.0936. The van der Waals surface area contributed by atoms with Crippen LogP contribution in [0.5, 0.6) is 11.5 Å². The minimum atomic E-state index is -0.219. The van der Waals surface area contributed by atoms with E-state index in [-0.39, 0.29) is 11.9 Å². The van der Waals surface area contributed by atoms with E-state index < -0.39 is 0 Å². The molecule has 0 aliphatic carbocycles. The number of nitrogens with one attached hydrogen (secondary N) is 2. The Hall–Kier alpha value is -3.02. The summed E-state index contributed by atoms with van der Waals surface area (Å²) in [6.45, 7) is 5.91. The van der Waals surface area contributed by atoms with Crippen LogP contribution in [0.15, 0.2) is 30.3 Å². The topological polar surface area (TPSA) is 76.2 Å². The molecule has 0 fully saturated rings. The van der Waals surface area contributed by atoms with E-state index >= 15 is 0 Å². The van der Waals surface area contributed by atoms with Gasteiger partial charge in [0.05, 0.1) is 25.8 Å². The Morgan fingerprint density at radius 3 is 2.50 bits per heavy atom. The van der Waals surface area contributed by atoms with E-state index in [9.17, 15) is 4.79 Å². The number of hydrogen-bond acceptors (Lipinski definition) is 4. The monoisotopic (exact) mass is 353 g/mol. The Bertz CT molecular complexity index is 962. The summed E-state index contributed by atoms with van der Waals surface area (Å²) in [5, 5.41) is 10.9. The second kappa shape index (κ2) is 7.07. The standard InChI is InChI=1S/C20H23N3O3/c1-11-6-7-16-15(8-11)19(23-22-16)20(24)21-13(3)14-10-18(26-5)17(25-4)9-12(14)2/h6-10,13H,1-5H3,(H,21,24)(H,22,23). The van der Waals surface area contributed by atoms with Crippen molar-refractivity contribution in [1.82, 2.24) is 15.5 Å². The summed E-state index contributed by atoms with van der Waals surface area (Å²) in [6, 6.07) is 9.46. The summed E-state index contributed by atoms with van der Waals surface area (Å²) in [5.41, 5.74) is 4.30. The van der Waals surface area contributed by atoms with Crippen LogP contribution >= 0.6 is 0 Å². The third-order valence-electron chi connectivity index (χ3n) is 4.52. The zero-order valence-corrected chi connectivity index (χ0v) is 15.6. The first-order valence-electron chi connectivity index (χ1n) is 8.42. The quantitative estimate of drug-likeness (QED) is 0.733.